The summed E-state index contributed by atoms with van der Waals surface area (Å²) in [5, 5.41) is 10.6. The van der Waals surface area contributed by atoms with Crippen molar-refractivity contribution < 1.29 is 80.2 Å². The molecule has 534 valence electrons. The van der Waals surface area contributed by atoms with Crippen molar-refractivity contribution in [1.82, 2.24) is 0 Å². The van der Waals surface area contributed by atoms with Gasteiger partial charge in [-0.1, -0.05) is 299 Å². The summed E-state index contributed by atoms with van der Waals surface area (Å²) in [5.74, 6) is 0.930. The van der Waals surface area contributed by atoms with E-state index in [1.807, 2.05) is 0 Å². The maximum absolute atomic E-state index is 13.0. The van der Waals surface area contributed by atoms with Crippen LogP contribution in [0.2, 0.25) is 0 Å². The Bertz CT molecular complexity index is 1660. The zero-order chi connectivity index (χ0) is 66.8. The first-order valence-electron chi connectivity index (χ1n) is 36.8. The van der Waals surface area contributed by atoms with E-state index < -0.39 is 97.5 Å². The maximum atomic E-state index is 13.0. The van der Waals surface area contributed by atoms with Crippen LogP contribution in [0.4, 0.5) is 0 Å². The number of ether oxygens (including phenoxy) is 4. The molecule has 0 saturated carbocycles. The number of carbonyl (C=O) groups is 4. The van der Waals surface area contributed by atoms with Crippen LogP contribution in [0.15, 0.2) is 0 Å². The van der Waals surface area contributed by atoms with Gasteiger partial charge in [0.15, 0.2) is 12.2 Å². The summed E-state index contributed by atoms with van der Waals surface area (Å²) in [6.07, 6.45) is 42.9. The number of unbranched alkanes of at least 4 members (excludes halogenated alkanes) is 32. The number of esters is 4. The average Bonchev–Trinajstić information content (AvgIpc) is 3.61. The van der Waals surface area contributed by atoms with Gasteiger partial charge in [0.1, 0.15) is 19.3 Å². The van der Waals surface area contributed by atoms with Crippen LogP contribution >= 0.6 is 15.6 Å². The SMILES string of the molecule is CCC(C)CCCCCCCCCCCCC(=O)O[C@H](COC(=O)CCCCCCCCCCC(C)C)COP(=O)(O)OCC(O)COP(=O)(O)OC[C@@H](COC(=O)CCCCCCCCCCC(C)C)OC(=O)CCCCCCCCCCCCC(C)CC. The Labute approximate surface area is 549 Å². The Kier molecular flexibility index (Phi) is 59.4. The highest BCUT2D eigenvalue weighted by atomic mass is 31.2. The Morgan fingerprint density at radius 3 is 0.789 bits per heavy atom. The topological polar surface area (TPSA) is 237 Å². The van der Waals surface area contributed by atoms with Gasteiger partial charge in [-0.3, -0.25) is 37.3 Å². The van der Waals surface area contributed by atoms with Crippen LogP contribution in [0, 0.1) is 23.7 Å². The van der Waals surface area contributed by atoms with Crippen molar-refractivity contribution in [1.29, 1.82) is 0 Å². The number of hydrogen-bond acceptors (Lipinski definition) is 15. The standard InChI is InChI=1S/C71H138O17P2/c1-9-63(7)49-41-33-25-15-11-13-17-29-37-45-53-70(75)87-66(57-81-68(73)51-43-35-27-21-19-23-31-39-47-61(3)4)59-85-89(77,78)83-55-65(72)56-84-90(79,80)86-60-67(58-82-69(74)52-44-36-28-22-20-24-32-40-48-62(5)6)88-71(76)54-46-38-30-18-14-12-16-26-34-42-50-64(8)10-2/h61-67,72H,9-60H2,1-8H3,(H,77,78)(H,79,80)/t63?,64?,65?,66-,67-/m1/s1. The smallest absolute Gasteiger partial charge is 0.462 e. The van der Waals surface area contributed by atoms with Crippen LogP contribution in [0.5, 0.6) is 0 Å². The number of rotatable bonds is 68. The van der Waals surface area contributed by atoms with Crippen molar-refractivity contribution in [3.8, 4) is 0 Å². The Morgan fingerprint density at radius 2 is 0.533 bits per heavy atom. The van der Waals surface area contributed by atoms with Crippen LogP contribution < -0.4 is 0 Å². The number of phosphoric acid groups is 2. The van der Waals surface area contributed by atoms with E-state index in [0.717, 1.165) is 114 Å². The summed E-state index contributed by atoms with van der Waals surface area (Å²) in [6.45, 7) is 14.1. The van der Waals surface area contributed by atoms with Crippen molar-refractivity contribution >= 4 is 39.5 Å². The highest BCUT2D eigenvalue weighted by Gasteiger charge is 2.30. The fourth-order valence-electron chi connectivity index (χ4n) is 10.6. The van der Waals surface area contributed by atoms with Crippen LogP contribution in [0.25, 0.3) is 0 Å². The van der Waals surface area contributed by atoms with Crippen molar-refractivity contribution in [3.63, 3.8) is 0 Å². The second kappa shape index (κ2) is 60.7. The first-order valence-corrected chi connectivity index (χ1v) is 39.8. The van der Waals surface area contributed by atoms with E-state index >= 15 is 0 Å². The first-order chi connectivity index (χ1) is 43.2. The molecule has 4 unspecified atom stereocenters. The number of phosphoric ester groups is 2. The molecule has 3 N–H and O–H groups in total. The Hall–Kier alpha value is -1.94. The van der Waals surface area contributed by atoms with Gasteiger partial charge in [0.25, 0.3) is 0 Å². The molecule has 0 amide bonds. The number of hydrogen-bond donors (Lipinski definition) is 3. The number of aliphatic hydroxyl groups excluding tert-OH is 1. The molecule has 0 spiro atoms. The molecular weight excluding hydrogens is 1190 g/mol. The van der Waals surface area contributed by atoms with E-state index in [0.29, 0.717) is 25.7 Å². The maximum Gasteiger partial charge on any atom is 0.472 e. The van der Waals surface area contributed by atoms with Gasteiger partial charge in [-0.15, -0.1) is 0 Å². The summed E-state index contributed by atoms with van der Waals surface area (Å²) in [7, 11) is -9.91. The molecule has 0 saturated heterocycles. The van der Waals surface area contributed by atoms with Gasteiger partial charge >= 0.3 is 39.5 Å². The molecule has 17 nitrogen and oxygen atoms in total. The van der Waals surface area contributed by atoms with Crippen LogP contribution in [0.3, 0.4) is 0 Å². The van der Waals surface area contributed by atoms with Crippen LogP contribution in [-0.4, -0.2) is 96.7 Å². The lowest BCUT2D eigenvalue weighted by Crippen LogP contribution is -2.30. The molecule has 90 heavy (non-hydrogen) atoms. The molecule has 0 aliphatic carbocycles. The molecule has 0 aromatic carbocycles. The molecule has 0 bridgehead atoms. The van der Waals surface area contributed by atoms with Gasteiger partial charge in [-0.2, -0.15) is 0 Å². The van der Waals surface area contributed by atoms with E-state index in [2.05, 4.69) is 55.4 Å². The second-order valence-corrected chi connectivity index (χ2v) is 30.0. The average molecular weight is 1330 g/mol. The summed E-state index contributed by atoms with van der Waals surface area (Å²) in [5.41, 5.74) is 0. The van der Waals surface area contributed by atoms with Crippen LogP contribution in [-0.2, 0) is 65.4 Å². The molecule has 19 heteroatoms. The van der Waals surface area contributed by atoms with E-state index in [4.69, 9.17) is 37.0 Å². The van der Waals surface area contributed by atoms with E-state index in [1.54, 1.807) is 0 Å². The first kappa shape index (κ1) is 88.1. The van der Waals surface area contributed by atoms with Crippen molar-refractivity contribution in [3.05, 3.63) is 0 Å². The van der Waals surface area contributed by atoms with Gasteiger partial charge in [0, 0.05) is 25.7 Å². The minimum absolute atomic E-state index is 0.105. The van der Waals surface area contributed by atoms with Gasteiger partial charge in [-0.25, -0.2) is 9.13 Å². The summed E-state index contributed by atoms with van der Waals surface area (Å²) >= 11 is 0. The normalized spacial score (nSPS) is 14.9. The monoisotopic (exact) mass is 1320 g/mol. The number of aliphatic hydroxyl groups is 1. The molecule has 0 aliphatic heterocycles. The summed E-state index contributed by atoms with van der Waals surface area (Å²) < 4.78 is 68.3. The molecule has 0 radical (unpaired) electrons. The van der Waals surface area contributed by atoms with Gasteiger partial charge in [0.05, 0.1) is 26.4 Å². The minimum Gasteiger partial charge on any atom is -0.462 e. The van der Waals surface area contributed by atoms with Crippen molar-refractivity contribution in [2.24, 2.45) is 23.7 Å². The third kappa shape index (κ3) is 62.2. The fourth-order valence-corrected chi connectivity index (χ4v) is 12.2. The zero-order valence-corrected chi connectivity index (χ0v) is 60.6. The fraction of sp³-hybridized carbons (Fsp3) is 0.944. The largest absolute Gasteiger partial charge is 0.472 e. The molecule has 0 fully saturated rings. The van der Waals surface area contributed by atoms with Crippen molar-refractivity contribution in [2.45, 2.75) is 369 Å². The lowest BCUT2D eigenvalue weighted by atomic mass is 9.99. The van der Waals surface area contributed by atoms with E-state index in [1.165, 1.54) is 154 Å². The zero-order valence-electron chi connectivity index (χ0n) is 58.8. The minimum atomic E-state index is -4.95. The molecule has 0 rings (SSSR count). The molecule has 0 aromatic rings. The molecule has 0 heterocycles. The van der Waals surface area contributed by atoms with E-state index in [-0.39, 0.29) is 25.7 Å². The molecule has 0 aliphatic rings. The van der Waals surface area contributed by atoms with Gasteiger partial charge in [0.2, 0.25) is 0 Å². The molecule has 6 atom stereocenters. The Morgan fingerprint density at radius 1 is 0.311 bits per heavy atom. The number of carbonyl (C=O) groups excluding carboxylic acids is 4. The van der Waals surface area contributed by atoms with Gasteiger partial charge < -0.3 is 33.8 Å². The quantitative estimate of drug-likeness (QED) is 0.0222. The van der Waals surface area contributed by atoms with Crippen LogP contribution in [0.1, 0.15) is 351 Å². The molecular formula is C71H138O17P2. The van der Waals surface area contributed by atoms with Crippen molar-refractivity contribution in [2.75, 3.05) is 39.6 Å². The predicted octanol–water partition coefficient (Wildman–Crippen LogP) is 20.1. The van der Waals surface area contributed by atoms with Gasteiger partial charge in [-0.05, 0) is 49.4 Å². The second-order valence-electron chi connectivity index (χ2n) is 27.1. The molecule has 0 aromatic heterocycles. The lowest BCUT2D eigenvalue weighted by molar-refractivity contribution is -0.161. The third-order valence-electron chi connectivity index (χ3n) is 17.0. The third-order valence-corrected chi connectivity index (χ3v) is 18.9. The summed E-state index contributed by atoms with van der Waals surface area (Å²) in [4.78, 5) is 72.6. The highest BCUT2D eigenvalue weighted by molar-refractivity contribution is 7.47. The lowest BCUT2D eigenvalue weighted by Gasteiger charge is -2.21. The summed E-state index contributed by atoms with van der Waals surface area (Å²) in [6, 6.07) is 0. The van der Waals surface area contributed by atoms with E-state index in [9.17, 15) is 43.2 Å². The highest BCUT2D eigenvalue weighted by Crippen LogP contribution is 2.45. The Balaban J connectivity index is 5.28. The predicted molar refractivity (Wildman–Crippen MR) is 363 cm³/mol.